The minimum absolute atomic E-state index is 0.153. The van der Waals surface area contributed by atoms with Gasteiger partial charge in [0.05, 0.1) is 17.9 Å². The Hall–Kier alpha value is -0.600. The van der Waals surface area contributed by atoms with Crippen molar-refractivity contribution in [3.05, 3.63) is 0 Å². The van der Waals surface area contributed by atoms with E-state index >= 15 is 0 Å². The van der Waals surface area contributed by atoms with E-state index in [9.17, 15) is 8.42 Å². The molecule has 0 aromatic heterocycles. The van der Waals surface area contributed by atoms with Gasteiger partial charge in [-0.25, -0.2) is 8.42 Å². The predicted octanol–water partition coefficient (Wildman–Crippen LogP) is 0.265. The first-order chi connectivity index (χ1) is 5.87. The molecule has 0 aliphatic carbocycles. The summed E-state index contributed by atoms with van der Waals surface area (Å²) in [6.07, 6.45) is 1.81. The molecule has 5 heteroatoms. The maximum atomic E-state index is 10.8. The maximum Gasteiger partial charge on any atom is 0.147 e. The number of rotatable bonds is 5. The molecule has 76 valence electrons. The van der Waals surface area contributed by atoms with Crippen LogP contribution in [-0.2, 0) is 9.84 Å². The molecule has 0 radical (unpaired) electrons. The Balaban J connectivity index is 3.74. The molecule has 0 fully saturated rings. The van der Waals surface area contributed by atoms with Gasteiger partial charge in [-0.05, 0) is 20.4 Å². The van der Waals surface area contributed by atoms with Gasteiger partial charge >= 0.3 is 0 Å². The first-order valence-corrected chi connectivity index (χ1v) is 6.20. The Morgan fingerprint density at radius 2 is 2.08 bits per heavy atom. The van der Waals surface area contributed by atoms with E-state index in [1.54, 1.807) is 6.92 Å². The van der Waals surface area contributed by atoms with Crippen LogP contribution in [0.5, 0.6) is 0 Å². The van der Waals surface area contributed by atoms with Gasteiger partial charge in [-0.1, -0.05) is 0 Å². The van der Waals surface area contributed by atoms with Crippen LogP contribution in [0, 0.1) is 11.3 Å². The highest BCUT2D eigenvalue weighted by atomic mass is 32.2. The van der Waals surface area contributed by atoms with Crippen LogP contribution in [0.15, 0.2) is 0 Å². The second-order valence-corrected chi connectivity index (χ2v) is 5.53. The second-order valence-electron chi connectivity index (χ2n) is 3.27. The molecule has 1 atom stereocenters. The highest BCUT2D eigenvalue weighted by Crippen LogP contribution is 1.97. The lowest BCUT2D eigenvalue weighted by atomic mass is 10.3. The lowest BCUT2D eigenvalue weighted by Gasteiger charge is -2.17. The topological polar surface area (TPSA) is 61.2 Å². The third-order valence-electron chi connectivity index (χ3n) is 1.87. The van der Waals surface area contributed by atoms with Gasteiger partial charge in [-0.3, -0.25) is 4.90 Å². The normalized spacial score (nSPS) is 14.1. The van der Waals surface area contributed by atoms with Crippen LogP contribution in [0.1, 0.15) is 13.3 Å². The summed E-state index contributed by atoms with van der Waals surface area (Å²) in [5.41, 5.74) is 0. The van der Waals surface area contributed by atoms with E-state index < -0.39 is 9.84 Å². The van der Waals surface area contributed by atoms with Crippen LogP contribution in [0.25, 0.3) is 0 Å². The van der Waals surface area contributed by atoms with Crippen molar-refractivity contribution in [2.24, 2.45) is 0 Å². The summed E-state index contributed by atoms with van der Waals surface area (Å²) in [6.45, 7) is 2.43. The molecule has 1 unspecified atom stereocenters. The van der Waals surface area contributed by atoms with Gasteiger partial charge in [-0.2, -0.15) is 5.26 Å². The van der Waals surface area contributed by atoms with Gasteiger partial charge in [0.2, 0.25) is 0 Å². The van der Waals surface area contributed by atoms with E-state index in [4.69, 9.17) is 5.26 Å². The third kappa shape index (κ3) is 6.55. The second kappa shape index (κ2) is 5.20. The number of hydrogen-bond donors (Lipinski definition) is 0. The Morgan fingerprint density at radius 1 is 1.54 bits per heavy atom. The number of sulfone groups is 1. The summed E-state index contributed by atoms with van der Waals surface area (Å²) < 4.78 is 21.5. The van der Waals surface area contributed by atoms with E-state index in [1.165, 1.54) is 6.26 Å². The maximum absolute atomic E-state index is 10.8. The number of nitriles is 1. The Labute approximate surface area is 80.1 Å². The van der Waals surface area contributed by atoms with Gasteiger partial charge < -0.3 is 0 Å². The first kappa shape index (κ1) is 12.4. The van der Waals surface area contributed by atoms with Crippen molar-refractivity contribution < 1.29 is 8.42 Å². The van der Waals surface area contributed by atoms with Crippen molar-refractivity contribution in [2.45, 2.75) is 19.4 Å². The number of nitrogens with zero attached hydrogens (tertiary/aromatic N) is 2. The predicted molar refractivity (Wildman–Crippen MR) is 52.0 cm³/mol. The van der Waals surface area contributed by atoms with Gasteiger partial charge in [0, 0.05) is 12.8 Å². The van der Waals surface area contributed by atoms with Crippen molar-refractivity contribution in [3.8, 4) is 6.07 Å². The van der Waals surface area contributed by atoms with Gasteiger partial charge in [0.1, 0.15) is 9.84 Å². The monoisotopic (exact) mass is 204 g/mol. The molecule has 0 aromatic rings. The highest BCUT2D eigenvalue weighted by molar-refractivity contribution is 7.90. The van der Waals surface area contributed by atoms with Gasteiger partial charge in [0.25, 0.3) is 0 Å². The van der Waals surface area contributed by atoms with Gasteiger partial charge in [0.15, 0.2) is 0 Å². The van der Waals surface area contributed by atoms with Crippen LogP contribution >= 0.6 is 0 Å². The fraction of sp³-hybridized carbons (Fsp3) is 0.875. The van der Waals surface area contributed by atoms with Crippen molar-refractivity contribution in [1.29, 1.82) is 5.26 Å². The molecular weight excluding hydrogens is 188 g/mol. The molecule has 0 bridgehead atoms. The molecule has 0 amide bonds. The minimum atomic E-state index is -2.86. The molecule has 0 N–H and O–H groups in total. The third-order valence-corrected chi connectivity index (χ3v) is 2.90. The largest absolute Gasteiger partial charge is 0.291 e. The standard InChI is InChI=1S/C8H16N2O2S/c1-8(7-9)10(2)5-4-6-13(3,11)12/h8H,4-6H2,1-3H3. The van der Waals surface area contributed by atoms with Crippen molar-refractivity contribution in [3.63, 3.8) is 0 Å². The molecule has 0 spiro atoms. The lowest BCUT2D eigenvalue weighted by molar-refractivity contribution is 0.303. The SMILES string of the molecule is CC(C#N)N(C)CCCS(C)(=O)=O. The Morgan fingerprint density at radius 3 is 2.46 bits per heavy atom. The highest BCUT2D eigenvalue weighted by Gasteiger charge is 2.08. The summed E-state index contributed by atoms with van der Waals surface area (Å²) >= 11 is 0. The van der Waals surface area contributed by atoms with E-state index in [1.807, 2.05) is 11.9 Å². The minimum Gasteiger partial charge on any atom is -0.291 e. The Bertz CT molecular complexity index is 279. The van der Waals surface area contributed by atoms with Crippen LogP contribution < -0.4 is 0 Å². The van der Waals surface area contributed by atoms with Crippen LogP contribution in [0.3, 0.4) is 0 Å². The van der Waals surface area contributed by atoms with Crippen molar-refractivity contribution >= 4 is 9.84 Å². The fourth-order valence-corrected chi connectivity index (χ4v) is 1.52. The lowest BCUT2D eigenvalue weighted by Crippen LogP contribution is -2.29. The molecule has 0 saturated carbocycles. The average Bonchev–Trinajstić information content (AvgIpc) is 2.00. The summed E-state index contributed by atoms with van der Waals surface area (Å²) in [4.78, 5) is 1.84. The molecule has 0 heterocycles. The summed E-state index contributed by atoms with van der Waals surface area (Å²) in [5, 5.41) is 8.55. The zero-order valence-electron chi connectivity index (χ0n) is 8.32. The van der Waals surface area contributed by atoms with Crippen molar-refractivity contribution in [2.75, 3.05) is 25.6 Å². The molecule has 0 aliphatic heterocycles. The zero-order chi connectivity index (χ0) is 10.5. The quantitative estimate of drug-likeness (QED) is 0.644. The van der Waals surface area contributed by atoms with E-state index in [-0.39, 0.29) is 11.8 Å². The van der Waals surface area contributed by atoms with E-state index in [2.05, 4.69) is 6.07 Å². The molecule has 0 aliphatic rings. The molecule has 0 rings (SSSR count). The summed E-state index contributed by atoms with van der Waals surface area (Å²) in [5.74, 6) is 0.190. The van der Waals surface area contributed by atoms with E-state index in [0.717, 1.165) is 0 Å². The van der Waals surface area contributed by atoms with Crippen LogP contribution in [-0.4, -0.2) is 45.0 Å². The number of hydrogen-bond acceptors (Lipinski definition) is 4. The zero-order valence-corrected chi connectivity index (χ0v) is 9.13. The average molecular weight is 204 g/mol. The smallest absolute Gasteiger partial charge is 0.147 e. The molecule has 0 aromatic carbocycles. The van der Waals surface area contributed by atoms with Crippen LogP contribution in [0.4, 0.5) is 0 Å². The Kier molecular flexibility index (Phi) is 4.96. The fourth-order valence-electron chi connectivity index (χ4n) is 0.868. The van der Waals surface area contributed by atoms with Crippen LogP contribution in [0.2, 0.25) is 0 Å². The van der Waals surface area contributed by atoms with E-state index in [0.29, 0.717) is 13.0 Å². The van der Waals surface area contributed by atoms with Crippen molar-refractivity contribution in [1.82, 2.24) is 4.90 Å². The molecular formula is C8H16N2O2S. The summed E-state index contributed by atoms with van der Waals surface area (Å²) in [6, 6.07) is 1.94. The molecule has 4 nitrogen and oxygen atoms in total. The molecule has 0 saturated heterocycles. The van der Waals surface area contributed by atoms with Gasteiger partial charge in [-0.15, -0.1) is 0 Å². The molecule has 13 heavy (non-hydrogen) atoms. The summed E-state index contributed by atoms with van der Waals surface area (Å²) in [7, 11) is -1.05. The first-order valence-electron chi connectivity index (χ1n) is 4.14.